The predicted octanol–water partition coefficient (Wildman–Crippen LogP) is 2.81. The van der Waals surface area contributed by atoms with Crippen LogP contribution in [0.5, 0.6) is 0 Å². The molecule has 71 heavy (non-hydrogen) atoms. The number of aliphatic hydroxyl groups excluding tert-OH is 11. The minimum atomic E-state index is -1.98. The molecule has 0 aromatic carbocycles. The summed E-state index contributed by atoms with van der Waals surface area (Å²) in [5.41, 5.74) is 0. The molecule has 19 nitrogen and oxygen atoms in total. The van der Waals surface area contributed by atoms with Crippen molar-refractivity contribution in [2.75, 3.05) is 26.4 Å². The van der Waals surface area contributed by atoms with Gasteiger partial charge in [-0.05, 0) is 32.1 Å². The average molecular weight is 1020 g/mol. The molecule has 3 fully saturated rings. The summed E-state index contributed by atoms with van der Waals surface area (Å²) < 4.78 is 34.1. The number of nitrogens with one attached hydrogen (secondary N) is 1. The Hall–Kier alpha value is -1.73. The molecule has 3 rings (SSSR count). The van der Waals surface area contributed by atoms with Crippen molar-refractivity contribution in [2.45, 2.75) is 272 Å². The summed E-state index contributed by atoms with van der Waals surface area (Å²) in [6.45, 7) is 1.66. The number of unbranched alkanes of at least 4 members (excludes halogenated alkanes) is 20. The minimum Gasteiger partial charge on any atom is -0.394 e. The van der Waals surface area contributed by atoms with Gasteiger partial charge in [0, 0.05) is 6.42 Å². The van der Waals surface area contributed by atoms with Gasteiger partial charge in [0.15, 0.2) is 18.9 Å². The van der Waals surface area contributed by atoms with Gasteiger partial charge in [-0.1, -0.05) is 154 Å². The second-order valence-corrected chi connectivity index (χ2v) is 19.7. The van der Waals surface area contributed by atoms with Gasteiger partial charge in [-0.25, -0.2) is 0 Å². The maximum absolute atomic E-state index is 13.2. The van der Waals surface area contributed by atoms with Crippen LogP contribution in [0.3, 0.4) is 0 Å². The van der Waals surface area contributed by atoms with E-state index in [4.69, 9.17) is 28.4 Å². The number of amides is 1. The molecule has 0 aliphatic carbocycles. The van der Waals surface area contributed by atoms with Gasteiger partial charge < -0.3 is 89.9 Å². The molecule has 0 spiro atoms. The van der Waals surface area contributed by atoms with Crippen LogP contribution in [-0.4, -0.2) is 193 Å². The van der Waals surface area contributed by atoms with Gasteiger partial charge in [0.1, 0.15) is 73.2 Å². The first-order valence-corrected chi connectivity index (χ1v) is 27.1. The number of carbonyl (C=O) groups excluding carboxylic acids is 1. The number of hydrogen-bond acceptors (Lipinski definition) is 18. The van der Waals surface area contributed by atoms with E-state index in [9.17, 15) is 61.0 Å². The van der Waals surface area contributed by atoms with Crippen LogP contribution < -0.4 is 5.32 Å². The lowest BCUT2D eigenvalue weighted by Crippen LogP contribution is -2.66. The minimum absolute atomic E-state index is 0.238. The summed E-state index contributed by atoms with van der Waals surface area (Å²) in [7, 11) is 0. The van der Waals surface area contributed by atoms with Gasteiger partial charge in [-0.15, -0.1) is 0 Å². The van der Waals surface area contributed by atoms with Crippen LogP contribution >= 0.6 is 0 Å². The summed E-state index contributed by atoms with van der Waals surface area (Å²) in [5, 5.41) is 120. The van der Waals surface area contributed by atoms with E-state index in [1.54, 1.807) is 6.08 Å². The van der Waals surface area contributed by atoms with Crippen LogP contribution in [0.1, 0.15) is 168 Å². The standard InChI is InChI=1S/C52H95NO18/c1-3-5-7-9-11-13-15-16-17-18-20-21-23-25-27-29-36(57)35(53-40(58)30-28-26-24-22-19-14-12-10-8-6-4-2)34-66-50-46(64)43(61)48(38(32-55)68-50)71-52-47(65)44(62)49(39(33-56)69-52)70-51-45(63)42(60)41(59)37(31-54)67-51/h20-21,27,29,35-39,41-52,54-57,59-65H,3-19,22-26,28,30-34H2,1-2H3,(H,53,58)/b21-20+,29-27+. The van der Waals surface area contributed by atoms with E-state index in [0.717, 1.165) is 38.5 Å². The third-order valence-electron chi connectivity index (χ3n) is 13.8. The zero-order valence-corrected chi connectivity index (χ0v) is 42.7. The smallest absolute Gasteiger partial charge is 0.220 e. The normalized spacial score (nSPS) is 32.4. The van der Waals surface area contributed by atoms with Crippen molar-refractivity contribution in [1.29, 1.82) is 0 Å². The van der Waals surface area contributed by atoms with E-state index < -0.39 is 124 Å². The first-order valence-electron chi connectivity index (χ1n) is 27.1. The molecule has 3 saturated heterocycles. The molecule has 17 atom stereocenters. The van der Waals surface area contributed by atoms with E-state index in [-0.39, 0.29) is 18.9 Å². The second kappa shape index (κ2) is 37.1. The molecule has 3 aliphatic heterocycles. The van der Waals surface area contributed by atoms with Crippen LogP contribution in [0.4, 0.5) is 0 Å². The van der Waals surface area contributed by atoms with E-state index in [1.807, 2.05) is 6.08 Å². The highest BCUT2D eigenvalue weighted by Crippen LogP contribution is 2.33. The summed E-state index contributed by atoms with van der Waals surface area (Å²) >= 11 is 0. The highest BCUT2D eigenvalue weighted by atomic mass is 16.8. The Labute approximate surface area is 422 Å². The van der Waals surface area contributed by atoms with Crippen molar-refractivity contribution in [3.05, 3.63) is 24.3 Å². The molecule has 3 heterocycles. The van der Waals surface area contributed by atoms with Crippen molar-refractivity contribution in [1.82, 2.24) is 5.32 Å². The molecule has 12 N–H and O–H groups in total. The molecular formula is C52H95NO18. The molecule has 0 aromatic rings. The number of ether oxygens (including phenoxy) is 6. The first kappa shape index (κ1) is 63.6. The molecule has 0 aromatic heterocycles. The van der Waals surface area contributed by atoms with E-state index in [0.29, 0.717) is 12.8 Å². The van der Waals surface area contributed by atoms with Crippen LogP contribution in [-0.2, 0) is 33.2 Å². The number of aliphatic hydroxyl groups is 11. The summed E-state index contributed by atoms with van der Waals surface area (Å²) in [6.07, 6.45) is 7.52. The van der Waals surface area contributed by atoms with Crippen LogP contribution in [0, 0.1) is 0 Å². The average Bonchev–Trinajstić information content (AvgIpc) is 3.36. The zero-order chi connectivity index (χ0) is 52.0. The van der Waals surface area contributed by atoms with Gasteiger partial charge in [0.05, 0.1) is 38.6 Å². The third kappa shape index (κ3) is 22.6. The molecule has 19 heteroatoms. The second-order valence-electron chi connectivity index (χ2n) is 19.7. The zero-order valence-electron chi connectivity index (χ0n) is 42.7. The molecule has 0 bridgehead atoms. The fourth-order valence-electron chi connectivity index (χ4n) is 9.20. The van der Waals surface area contributed by atoms with Gasteiger partial charge in [0.25, 0.3) is 0 Å². The lowest BCUT2D eigenvalue weighted by atomic mass is 9.96. The van der Waals surface area contributed by atoms with Crippen molar-refractivity contribution in [3.8, 4) is 0 Å². The summed E-state index contributed by atoms with van der Waals surface area (Å²) in [5.74, 6) is -0.288. The Morgan fingerprint density at radius 3 is 1.41 bits per heavy atom. The monoisotopic (exact) mass is 1020 g/mol. The largest absolute Gasteiger partial charge is 0.394 e. The van der Waals surface area contributed by atoms with Crippen LogP contribution in [0.2, 0.25) is 0 Å². The summed E-state index contributed by atoms with van der Waals surface area (Å²) in [6, 6.07) is -0.982. The Balaban J connectivity index is 1.56. The number of rotatable bonds is 38. The van der Waals surface area contributed by atoms with E-state index >= 15 is 0 Å². The SMILES string of the molecule is CCCCCCCCCCC/C=C/CC/C=C/C(O)C(COC1OC(CO)C(OC2OC(CO)C(OC3OC(CO)C(O)C(O)C3O)C(O)C2O)C(O)C1O)NC(=O)CCCCCCCCCCCCC. The van der Waals surface area contributed by atoms with E-state index in [2.05, 4.69) is 31.3 Å². The number of hydrogen-bond donors (Lipinski definition) is 12. The Morgan fingerprint density at radius 1 is 0.493 bits per heavy atom. The first-order chi connectivity index (χ1) is 34.3. The van der Waals surface area contributed by atoms with Crippen LogP contribution in [0.25, 0.3) is 0 Å². The highest BCUT2D eigenvalue weighted by molar-refractivity contribution is 5.76. The Kier molecular flexibility index (Phi) is 33.2. The maximum atomic E-state index is 13.2. The fraction of sp³-hybridized carbons (Fsp3) is 0.904. The quantitative estimate of drug-likeness (QED) is 0.0313. The number of carbonyl (C=O) groups is 1. The van der Waals surface area contributed by atoms with Crippen molar-refractivity contribution in [3.63, 3.8) is 0 Å². The maximum Gasteiger partial charge on any atom is 0.220 e. The molecule has 1 amide bonds. The molecule has 0 saturated carbocycles. The number of allylic oxidation sites excluding steroid dienone is 3. The van der Waals surface area contributed by atoms with Gasteiger partial charge in [0.2, 0.25) is 5.91 Å². The van der Waals surface area contributed by atoms with Crippen LogP contribution in [0.15, 0.2) is 24.3 Å². The van der Waals surface area contributed by atoms with E-state index in [1.165, 1.54) is 96.3 Å². The Morgan fingerprint density at radius 2 is 0.901 bits per heavy atom. The van der Waals surface area contributed by atoms with Crippen molar-refractivity contribution >= 4 is 5.91 Å². The van der Waals surface area contributed by atoms with Crippen molar-refractivity contribution < 1.29 is 89.4 Å². The predicted molar refractivity (Wildman–Crippen MR) is 263 cm³/mol. The fourth-order valence-corrected chi connectivity index (χ4v) is 9.20. The lowest BCUT2D eigenvalue weighted by Gasteiger charge is -2.48. The Bertz CT molecular complexity index is 1410. The van der Waals surface area contributed by atoms with Crippen molar-refractivity contribution in [2.24, 2.45) is 0 Å². The molecular weight excluding hydrogens is 927 g/mol. The molecule has 416 valence electrons. The summed E-state index contributed by atoms with van der Waals surface area (Å²) in [4.78, 5) is 13.2. The third-order valence-corrected chi connectivity index (χ3v) is 13.8. The highest BCUT2D eigenvalue weighted by Gasteiger charge is 2.53. The molecule has 3 aliphatic rings. The topological polar surface area (TPSA) is 307 Å². The molecule has 0 radical (unpaired) electrons. The lowest BCUT2D eigenvalue weighted by molar-refractivity contribution is -0.379. The molecule has 17 unspecified atom stereocenters. The van der Waals surface area contributed by atoms with Gasteiger partial charge in [-0.3, -0.25) is 4.79 Å². The van der Waals surface area contributed by atoms with Gasteiger partial charge in [-0.2, -0.15) is 0 Å². The van der Waals surface area contributed by atoms with Gasteiger partial charge >= 0.3 is 0 Å².